The van der Waals surface area contributed by atoms with Gasteiger partial charge in [-0.25, -0.2) is 9.97 Å². The number of carbonyl (C=O) groups excluding carboxylic acids is 2. The van der Waals surface area contributed by atoms with Crippen LogP contribution in [0.1, 0.15) is 13.3 Å². The third-order valence-corrected chi connectivity index (χ3v) is 5.40. The topological polar surface area (TPSA) is 106 Å². The molecule has 0 fully saturated rings. The Kier molecular flexibility index (Phi) is 9.26. The molecule has 3 rings (SSSR count). The lowest BCUT2D eigenvalue weighted by molar-refractivity contribution is -0.143. The van der Waals surface area contributed by atoms with Crippen LogP contribution in [0.3, 0.4) is 0 Å². The lowest BCUT2D eigenvalue weighted by Crippen LogP contribution is -2.28. The van der Waals surface area contributed by atoms with Crippen molar-refractivity contribution < 1.29 is 19.1 Å². The Bertz CT molecular complexity index is 1270. The summed E-state index contributed by atoms with van der Waals surface area (Å²) in [4.78, 5) is 33.8. The highest BCUT2D eigenvalue weighted by Crippen LogP contribution is 2.33. The zero-order valence-electron chi connectivity index (χ0n) is 19.7. The molecule has 0 aliphatic heterocycles. The number of ether oxygens (including phenoxy) is 2. The van der Waals surface area contributed by atoms with Gasteiger partial charge in [-0.05, 0) is 37.1 Å². The van der Waals surface area contributed by atoms with E-state index in [1.54, 1.807) is 21.1 Å². The summed E-state index contributed by atoms with van der Waals surface area (Å²) in [7, 11) is 3.16. The second kappa shape index (κ2) is 12.6. The van der Waals surface area contributed by atoms with E-state index in [0.717, 1.165) is 15.5 Å². The Labute approximate surface area is 212 Å². The number of amides is 1. The maximum absolute atomic E-state index is 12.2. The summed E-state index contributed by atoms with van der Waals surface area (Å²) in [5, 5.41) is 7.29. The standard InChI is InChI=1S/C25H26BrN5O4/c1-4-35-24(33)10-12-31(2)23(32)9-6-11-27-21-14-19-20(15-22(21)34-3)28-16-29-25(19)30-18-8-5-7-17(26)13-18/h5,7-8,13-16,27H,4,10-12H2,1-3H3,(H,28,29,30). The van der Waals surface area contributed by atoms with E-state index in [1.807, 2.05) is 36.4 Å². The van der Waals surface area contributed by atoms with Crippen LogP contribution in [0, 0.1) is 11.8 Å². The maximum atomic E-state index is 12.2. The monoisotopic (exact) mass is 539 g/mol. The number of benzene rings is 2. The molecule has 1 heterocycles. The van der Waals surface area contributed by atoms with E-state index >= 15 is 0 Å². The van der Waals surface area contributed by atoms with Crippen LogP contribution >= 0.6 is 15.9 Å². The fourth-order valence-electron chi connectivity index (χ4n) is 3.14. The van der Waals surface area contributed by atoms with E-state index in [1.165, 1.54) is 11.2 Å². The lowest BCUT2D eigenvalue weighted by Gasteiger charge is -2.14. The summed E-state index contributed by atoms with van der Waals surface area (Å²) in [6, 6.07) is 11.5. The molecule has 10 heteroatoms. The molecule has 1 aromatic heterocycles. The molecule has 2 aromatic carbocycles. The first-order chi connectivity index (χ1) is 16.9. The molecule has 9 nitrogen and oxygen atoms in total. The van der Waals surface area contributed by atoms with Crippen molar-refractivity contribution >= 4 is 55.9 Å². The summed E-state index contributed by atoms with van der Waals surface area (Å²) in [5.41, 5.74) is 2.27. The number of carbonyl (C=O) groups is 2. The number of anilines is 3. The van der Waals surface area contributed by atoms with Crippen LogP contribution in [-0.2, 0) is 14.3 Å². The van der Waals surface area contributed by atoms with Crippen molar-refractivity contribution in [1.29, 1.82) is 0 Å². The van der Waals surface area contributed by atoms with Crippen LogP contribution in [0.25, 0.3) is 10.9 Å². The SMILES string of the molecule is CCOC(=O)CCN(C)C(=O)C#CCNc1cc2c(Nc3cccc(Br)c3)ncnc2cc1OC. The first kappa shape index (κ1) is 25.8. The lowest BCUT2D eigenvalue weighted by atomic mass is 10.2. The van der Waals surface area contributed by atoms with Crippen LogP contribution in [-0.4, -0.2) is 60.6 Å². The van der Waals surface area contributed by atoms with E-state index in [-0.39, 0.29) is 31.4 Å². The van der Waals surface area contributed by atoms with Crippen molar-refractivity contribution in [3.63, 3.8) is 0 Å². The first-order valence-electron chi connectivity index (χ1n) is 10.9. The van der Waals surface area contributed by atoms with Gasteiger partial charge in [0.2, 0.25) is 0 Å². The van der Waals surface area contributed by atoms with E-state index in [4.69, 9.17) is 9.47 Å². The smallest absolute Gasteiger partial charge is 0.307 e. The first-order valence-corrected chi connectivity index (χ1v) is 11.7. The van der Waals surface area contributed by atoms with Crippen molar-refractivity contribution in [3.8, 4) is 17.6 Å². The summed E-state index contributed by atoms with van der Waals surface area (Å²) in [6.45, 7) is 2.50. The Morgan fingerprint density at radius 3 is 2.77 bits per heavy atom. The van der Waals surface area contributed by atoms with Gasteiger partial charge in [-0.15, -0.1) is 0 Å². The van der Waals surface area contributed by atoms with Gasteiger partial charge in [0.05, 0.1) is 37.9 Å². The van der Waals surface area contributed by atoms with Gasteiger partial charge >= 0.3 is 5.97 Å². The largest absolute Gasteiger partial charge is 0.495 e. The average molecular weight is 540 g/mol. The quantitative estimate of drug-likeness (QED) is 0.310. The zero-order valence-corrected chi connectivity index (χ0v) is 21.3. The molecule has 0 bridgehead atoms. The zero-order chi connectivity index (χ0) is 25.2. The predicted molar refractivity (Wildman–Crippen MR) is 139 cm³/mol. The Balaban J connectivity index is 1.71. The highest BCUT2D eigenvalue weighted by Gasteiger charge is 2.11. The van der Waals surface area contributed by atoms with Gasteiger partial charge in [-0.2, -0.15) is 0 Å². The fourth-order valence-corrected chi connectivity index (χ4v) is 3.54. The molecule has 0 unspecified atom stereocenters. The Morgan fingerprint density at radius 2 is 2.03 bits per heavy atom. The molecule has 0 saturated heterocycles. The average Bonchev–Trinajstić information content (AvgIpc) is 2.85. The third kappa shape index (κ3) is 7.32. The minimum Gasteiger partial charge on any atom is -0.495 e. The van der Waals surface area contributed by atoms with E-state index in [0.29, 0.717) is 29.4 Å². The van der Waals surface area contributed by atoms with Gasteiger partial charge in [-0.1, -0.05) is 27.9 Å². The molecule has 0 aliphatic rings. The van der Waals surface area contributed by atoms with Gasteiger partial charge < -0.3 is 25.0 Å². The van der Waals surface area contributed by atoms with E-state index < -0.39 is 0 Å². The number of esters is 1. The highest BCUT2D eigenvalue weighted by molar-refractivity contribution is 9.10. The second-order valence-corrected chi connectivity index (χ2v) is 8.28. The number of halogens is 1. The maximum Gasteiger partial charge on any atom is 0.307 e. The molecule has 0 aliphatic carbocycles. The van der Waals surface area contributed by atoms with Crippen molar-refractivity contribution in [2.45, 2.75) is 13.3 Å². The van der Waals surface area contributed by atoms with Crippen LogP contribution in [0.4, 0.5) is 17.2 Å². The fraction of sp³-hybridized carbons (Fsp3) is 0.280. The number of aromatic nitrogens is 2. The van der Waals surface area contributed by atoms with Crippen molar-refractivity contribution in [2.24, 2.45) is 0 Å². The molecule has 0 spiro atoms. The molecule has 0 radical (unpaired) electrons. The second-order valence-electron chi connectivity index (χ2n) is 7.36. The van der Waals surface area contributed by atoms with E-state index in [9.17, 15) is 9.59 Å². The van der Waals surface area contributed by atoms with Crippen LogP contribution in [0.5, 0.6) is 5.75 Å². The van der Waals surface area contributed by atoms with Gasteiger partial charge in [0, 0.05) is 35.2 Å². The van der Waals surface area contributed by atoms with Gasteiger partial charge in [0.25, 0.3) is 5.91 Å². The molecule has 1 amide bonds. The van der Waals surface area contributed by atoms with Crippen LogP contribution < -0.4 is 15.4 Å². The molecule has 182 valence electrons. The Hall–Kier alpha value is -3.84. The number of nitrogens with one attached hydrogen (secondary N) is 2. The number of methoxy groups -OCH3 is 1. The van der Waals surface area contributed by atoms with Crippen molar-refractivity contribution in [2.75, 3.05) is 44.5 Å². The summed E-state index contributed by atoms with van der Waals surface area (Å²) in [5.74, 6) is 5.89. The summed E-state index contributed by atoms with van der Waals surface area (Å²) >= 11 is 3.47. The number of nitrogens with zero attached hydrogens (tertiary/aromatic N) is 3. The molecular formula is C25H26BrN5O4. The molecule has 35 heavy (non-hydrogen) atoms. The van der Waals surface area contributed by atoms with Crippen LogP contribution in [0.2, 0.25) is 0 Å². The summed E-state index contributed by atoms with van der Waals surface area (Å²) < 4.78 is 11.3. The predicted octanol–water partition coefficient (Wildman–Crippen LogP) is 3.97. The Morgan fingerprint density at radius 1 is 1.20 bits per heavy atom. The molecule has 3 aromatic rings. The number of hydrogen-bond acceptors (Lipinski definition) is 8. The van der Waals surface area contributed by atoms with Crippen molar-refractivity contribution in [1.82, 2.24) is 14.9 Å². The van der Waals surface area contributed by atoms with Gasteiger partial charge in [0.15, 0.2) is 0 Å². The molecular weight excluding hydrogens is 514 g/mol. The molecule has 0 saturated carbocycles. The number of hydrogen-bond donors (Lipinski definition) is 2. The molecule has 2 N–H and O–H groups in total. The normalized spacial score (nSPS) is 10.2. The minimum absolute atomic E-state index is 0.128. The van der Waals surface area contributed by atoms with Crippen molar-refractivity contribution in [3.05, 3.63) is 47.2 Å². The minimum atomic E-state index is -0.379. The van der Waals surface area contributed by atoms with Gasteiger partial charge in [-0.3, -0.25) is 9.59 Å². The number of fused-ring (bicyclic) bond motifs is 1. The highest BCUT2D eigenvalue weighted by atomic mass is 79.9. The summed E-state index contributed by atoms with van der Waals surface area (Å²) in [6.07, 6.45) is 1.62. The third-order valence-electron chi connectivity index (χ3n) is 4.91. The van der Waals surface area contributed by atoms with Gasteiger partial charge in [0.1, 0.15) is 17.9 Å². The molecule has 0 atom stereocenters. The van der Waals surface area contributed by atoms with E-state index in [2.05, 4.69) is 48.4 Å². The number of rotatable bonds is 9. The van der Waals surface area contributed by atoms with Crippen LogP contribution in [0.15, 0.2) is 47.2 Å².